The van der Waals surface area contributed by atoms with Crippen LogP contribution >= 0.6 is 0 Å². The molecule has 6 nitrogen and oxygen atoms in total. The highest BCUT2D eigenvalue weighted by Crippen LogP contribution is 2.36. The van der Waals surface area contributed by atoms with Crippen molar-refractivity contribution < 1.29 is 9.59 Å². The third-order valence-corrected chi connectivity index (χ3v) is 4.92. The summed E-state index contributed by atoms with van der Waals surface area (Å²) in [4.78, 5) is 34.0. The topological polar surface area (TPSA) is 65.5 Å². The van der Waals surface area contributed by atoms with Crippen molar-refractivity contribution in [3.63, 3.8) is 0 Å². The molecule has 1 N–H and O–H groups in total. The van der Waals surface area contributed by atoms with Crippen LogP contribution in [0.1, 0.15) is 49.4 Å². The fourth-order valence-electron chi connectivity index (χ4n) is 3.53. The summed E-state index contributed by atoms with van der Waals surface area (Å²) in [5.74, 6) is 0.221. The molecule has 1 aliphatic rings. The highest BCUT2D eigenvalue weighted by Gasteiger charge is 2.29. The van der Waals surface area contributed by atoms with Gasteiger partial charge in [-0.1, -0.05) is 25.5 Å². The number of carbonyl (C=O) groups is 2. The molecule has 148 valence electrons. The first kappa shape index (κ1) is 20.0. The molecule has 1 aromatic heterocycles. The Hall–Kier alpha value is -2.73. The van der Waals surface area contributed by atoms with Crippen molar-refractivity contribution in [3.05, 3.63) is 48.2 Å². The number of amides is 2. The molecule has 0 saturated heterocycles. The minimum absolute atomic E-state index is 0.0363. The van der Waals surface area contributed by atoms with Crippen molar-refractivity contribution in [3.8, 4) is 0 Å². The van der Waals surface area contributed by atoms with E-state index in [4.69, 9.17) is 0 Å². The van der Waals surface area contributed by atoms with Gasteiger partial charge in [0.1, 0.15) is 0 Å². The van der Waals surface area contributed by atoms with Crippen molar-refractivity contribution in [2.45, 2.75) is 39.0 Å². The van der Waals surface area contributed by atoms with E-state index in [-0.39, 0.29) is 11.8 Å². The molecule has 1 aliphatic heterocycles. The minimum Gasteiger partial charge on any atom is -0.319 e. The zero-order valence-corrected chi connectivity index (χ0v) is 16.6. The summed E-state index contributed by atoms with van der Waals surface area (Å²) in [6.45, 7) is 4.34. The first-order valence-corrected chi connectivity index (χ1v) is 9.98. The van der Waals surface area contributed by atoms with E-state index in [1.165, 1.54) is 0 Å². The van der Waals surface area contributed by atoms with Crippen LogP contribution < -0.4 is 10.2 Å². The van der Waals surface area contributed by atoms with Crippen LogP contribution in [0.4, 0.5) is 17.2 Å². The predicted molar refractivity (Wildman–Crippen MR) is 112 cm³/mol. The SMILES string of the molecule is CCCN(C)CCCCCC(=O)N1c2ccccc2C(=O)Nc2cccnc21. The number of benzene rings is 1. The van der Waals surface area contributed by atoms with E-state index in [9.17, 15) is 9.59 Å². The summed E-state index contributed by atoms with van der Waals surface area (Å²) in [5.41, 5.74) is 1.62. The fourth-order valence-corrected chi connectivity index (χ4v) is 3.53. The van der Waals surface area contributed by atoms with E-state index < -0.39 is 0 Å². The Morgan fingerprint density at radius 1 is 1.11 bits per heavy atom. The van der Waals surface area contributed by atoms with Crippen LogP contribution in [-0.2, 0) is 4.79 Å². The van der Waals surface area contributed by atoms with Gasteiger partial charge in [-0.15, -0.1) is 0 Å². The Morgan fingerprint density at radius 2 is 1.93 bits per heavy atom. The van der Waals surface area contributed by atoms with Crippen LogP contribution in [0.5, 0.6) is 0 Å². The number of nitrogens with zero attached hydrogens (tertiary/aromatic N) is 3. The average Bonchev–Trinajstić information content (AvgIpc) is 2.82. The molecule has 28 heavy (non-hydrogen) atoms. The van der Waals surface area contributed by atoms with E-state index in [2.05, 4.69) is 29.2 Å². The van der Waals surface area contributed by atoms with E-state index in [1.54, 1.807) is 41.4 Å². The van der Waals surface area contributed by atoms with Crippen molar-refractivity contribution in [2.75, 3.05) is 30.4 Å². The molecule has 0 unspecified atom stereocenters. The summed E-state index contributed by atoms with van der Waals surface area (Å²) < 4.78 is 0. The summed E-state index contributed by atoms with van der Waals surface area (Å²) in [6.07, 6.45) is 6.12. The van der Waals surface area contributed by atoms with Crippen molar-refractivity contribution >= 4 is 29.0 Å². The molecular formula is C22H28N4O2. The lowest BCUT2D eigenvalue weighted by atomic mass is 10.1. The summed E-state index contributed by atoms with van der Waals surface area (Å²) in [6, 6.07) is 10.7. The molecule has 0 spiro atoms. The second-order valence-corrected chi connectivity index (χ2v) is 7.19. The molecule has 3 rings (SSSR count). The number of pyridine rings is 1. The first-order chi connectivity index (χ1) is 13.6. The van der Waals surface area contributed by atoms with E-state index in [1.807, 2.05) is 6.07 Å². The number of unbranched alkanes of at least 4 members (excludes halogenated alkanes) is 2. The number of anilines is 3. The zero-order valence-electron chi connectivity index (χ0n) is 16.6. The summed E-state index contributed by atoms with van der Waals surface area (Å²) in [7, 11) is 2.13. The van der Waals surface area contributed by atoms with Gasteiger partial charge in [0.15, 0.2) is 5.82 Å². The van der Waals surface area contributed by atoms with Gasteiger partial charge in [0.2, 0.25) is 5.91 Å². The number of hydrogen-bond donors (Lipinski definition) is 1. The molecule has 2 amide bonds. The average molecular weight is 380 g/mol. The fraction of sp³-hybridized carbons (Fsp3) is 0.409. The molecule has 2 aromatic rings. The Bertz CT molecular complexity index is 837. The van der Waals surface area contributed by atoms with Crippen LogP contribution in [0.15, 0.2) is 42.6 Å². The molecule has 1 aromatic carbocycles. The zero-order chi connectivity index (χ0) is 19.9. The van der Waals surface area contributed by atoms with Gasteiger partial charge in [-0.3, -0.25) is 14.5 Å². The number of nitrogens with one attached hydrogen (secondary N) is 1. The summed E-state index contributed by atoms with van der Waals surface area (Å²) in [5, 5.41) is 2.86. The van der Waals surface area contributed by atoms with Crippen molar-refractivity contribution in [1.29, 1.82) is 0 Å². The molecule has 6 heteroatoms. The molecule has 0 aliphatic carbocycles. The number of carbonyl (C=O) groups excluding carboxylic acids is 2. The van der Waals surface area contributed by atoms with Gasteiger partial charge in [0.25, 0.3) is 5.91 Å². The van der Waals surface area contributed by atoms with Gasteiger partial charge in [0.05, 0.1) is 16.9 Å². The van der Waals surface area contributed by atoms with Crippen LogP contribution in [0.3, 0.4) is 0 Å². The van der Waals surface area contributed by atoms with Crippen LogP contribution in [-0.4, -0.2) is 41.8 Å². The molecule has 0 saturated carbocycles. The highest BCUT2D eigenvalue weighted by atomic mass is 16.2. The second-order valence-electron chi connectivity index (χ2n) is 7.19. The maximum absolute atomic E-state index is 13.1. The number of aromatic nitrogens is 1. The number of fused-ring (bicyclic) bond motifs is 2. The van der Waals surface area contributed by atoms with Gasteiger partial charge in [-0.25, -0.2) is 4.98 Å². The van der Waals surface area contributed by atoms with Gasteiger partial charge >= 0.3 is 0 Å². The van der Waals surface area contributed by atoms with E-state index in [0.717, 1.165) is 38.8 Å². The standard InChI is InChI=1S/C22H28N4O2/c1-3-15-25(2)16-8-4-5-13-20(27)26-19-12-7-6-10-17(19)22(28)24-18-11-9-14-23-21(18)26/h6-7,9-12,14H,3-5,8,13,15-16H2,1-2H3,(H,24,28). The third kappa shape index (κ3) is 4.57. The Labute approximate surface area is 166 Å². The van der Waals surface area contributed by atoms with Gasteiger partial charge in [-0.2, -0.15) is 0 Å². The lowest BCUT2D eigenvalue weighted by Gasteiger charge is -2.23. The van der Waals surface area contributed by atoms with E-state index >= 15 is 0 Å². The normalized spacial score (nSPS) is 13.0. The number of para-hydroxylation sites is 1. The van der Waals surface area contributed by atoms with Crippen molar-refractivity contribution in [2.24, 2.45) is 0 Å². The smallest absolute Gasteiger partial charge is 0.257 e. The maximum Gasteiger partial charge on any atom is 0.257 e. The molecular weight excluding hydrogens is 352 g/mol. The van der Waals surface area contributed by atoms with Gasteiger partial charge in [0, 0.05) is 12.6 Å². The second kappa shape index (κ2) is 9.46. The minimum atomic E-state index is -0.223. The number of rotatable bonds is 8. The predicted octanol–water partition coefficient (Wildman–Crippen LogP) is 4.21. The van der Waals surface area contributed by atoms with Gasteiger partial charge in [-0.05, 0) is 63.7 Å². The van der Waals surface area contributed by atoms with Gasteiger partial charge < -0.3 is 10.2 Å². The van der Waals surface area contributed by atoms with E-state index in [0.29, 0.717) is 29.2 Å². The molecule has 0 radical (unpaired) electrons. The molecule has 0 bridgehead atoms. The summed E-state index contributed by atoms with van der Waals surface area (Å²) >= 11 is 0. The molecule has 0 atom stereocenters. The van der Waals surface area contributed by atoms with Crippen LogP contribution in [0, 0.1) is 0 Å². The third-order valence-electron chi connectivity index (χ3n) is 4.92. The van der Waals surface area contributed by atoms with Crippen LogP contribution in [0.25, 0.3) is 0 Å². The Balaban J connectivity index is 1.72. The monoisotopic (exact) mass is 380 g/mol. The Morgan fingerprint density at radius 3 is 2.75 bits per heavy atom. The van der Waals surface area contributed by atoms with Crippen LogP contribution in [0.2, 0.25) is 0 Å². The lowest BCUT2D eigenvalue weighted by Crippen LogP contribution is -2.27. The lowest BCUT2D eigenvalue weighted by molar-refractivity contribution is -0.118. The molecule has 0 fully saturated rings. The first-order valence-electron chi connectivity index (χ1n) is 9.98. The highest BCUT2D eigenvalue weighted by molar-refractivity contribution is 6.17. The quantitative estimate of drug-likeness (QED) is 0.697. The maximum atomic E-state index is 13.1. The largest absolute Gasteiger partial charge is 0.319 e. The Kier molecular flexibility index (Phi) is 6.76. The van der Waals surface area contributed by atoms with Crippen molar-refractivity contribution in [1.82, 2.24) is 9.88 Å². The molecule has 2 heterocycles. The number of hydrogen-bond acceptors (Lipinski definition) is 4.